The van der Waals surface area contributed by atoms with Crippen molar-refractivity contribution in [1.29, 1.82) is 0 Å². The van der Waals surface area contributed by atoms with E-state index in [1.807, 2.05) is 12.1 Å². The van der Waals surface area contributed by atoms with E-state index in [-0.39, 0.29) is 5.76 Å². The summed E-state index contributed by atoms with van der Waals surface area (Å²) in [6, 6.07) is 6.32. The highest BCUT2D eigenvalue weighted by Gasteiger charge is 2.50. The van der Waals surface area contributed by atoms with Gasteiger partial charge in [0.05, 0.1) is 5.52 Å². The SMILES string of the molecule is CCNC(c1ccc2[nH]c(=O)oc2c1)C1CC1(C)C. The minimum absolute atomic E-state index is 0.338. The first-order valence-electron chi connectivity index (χ1n) is 6.87. The van der Waals surface area contributed by atoms with Crippen molar-refractivity contribution < 1.29 is 4.42 Å². The molecule has 2 aromatic rings. The summed E-state index contributed by atoms with van der Waals surface area (Å²) >= 11 is 0. The van der Waals surface area contributed by atoms with Crippen LogP contribution in [0.5, 0.6) is 0 Å². The largest absolute Gasteiger partial charge is 0.417 e. The third-order valence-electron chi connectivity index (χ3n) is 4.22. The Morgan fingerprint density at radius 1 is 1.53 bits per heavy atom. The van der Waals surface area contributed by atoms with Gasteiger partial charge in [-0.2, -0.15) is 0 Å². The molecule has 1 heterocycles. The summed E-state index contributed by atoms with van der Waals surface area (Å²) in [6.07, 6.45) is 1.24. The number of benzene rings is 1. The van der Waals surface area contributed by atoms with E-state index in [4.69, 9.17) is 4.42 Å². The van der Waals surface area contributed by atoms with Gasteiger partial charge in [-0.25, -0.2) is 4.79 Å². The first-order valence-corrected chi connectivity index (χ1v) is 6.87. The molecule has 3 rings (SSSR count). The quantitative estimate of drug-likeness (QED) is 0.888. The van der Waals surface area contributed by atoms with E-state index in [1.54, 1.807) is 0 Å². The highest BCUT2D eigenvalue weighted by Crippen LogP contribution is 2.57. The molecule has 2 atom stereocenters. The van der Waals surface area contributed by atoms with Gasteiger partial charge in [-0.15, -0.1) is 0 Å². The molecular formula is C15H20N2O2. The molecule has 4 heteroatoms. The Bertz CT molecular complexity index is 653. The molecule has 1 aromatic carbocycles. The molecule has 1 aliphatic rings. The summed E-state index contributed by atoms with van der Waals surface area (Å²) in [7, 11) is 0. The van der Waals surface area contributed by atoms with Crippen LogP contribution in [0.3, 0.4) is 0 Å². The predicted octanol–water partition coefficient (Wildman–Crippen LogP) is 2.82. The van der Waals surface area contributed by atoms with Gasteiger partial charge in [0.15, 0.2) is 5.58 Å². The molecule has 4 nitrogen and oxygen atoms in total. The van der Waals surface area contributed by atoms with Crippen molar-refractivity contribution >= 4 is 11.1 Å². The second kappa shape index (κ2) is 4.23. The summed E-state index contributed by atoms with van der Waals surface area (Å²) in [5.41, 5.74) is 3.01. The second-order valence-corrected chi connectivity index (χ2v) is 6.10. The zero-order chi connectivity index (χ0) is 13.6. The molecule has 2 unspecified atom stereocenters. The first kappa shape index (κ1) is 12.5. The maximum absolute atomic E-state index is 11.2. The summed E-state index contributed by atoms with van der Waals surface area (Å²) in [5.74, 6) is 0.259. The zero-order valence-electron chi connectivity index (χ0n) is 11.6. The third-order valence-corrected chi connectivity index (χ3v) is 4.22. The lowest BCUT2D eigenvalue weighted by Crippen LogP contribution is -2.24. The summed E-state index contributed by atoms with van der Waals surface area (Å²) in [5, 5.41) is 3.56. The van der Waals surface area contributed by atoms with Crippen molar-refractivity contribution in [2.75, 3.05) is 6.54 Å². The molecule has 0 aliphatic heterocycles. The second-order valence-electron chi connectivity index (χ2n) is 6.10. The molecular weight excluding hydrogens is 240 g/mol. The van der Waals surface area contributed by atoms with Crippen LogP contribution in [0.2, 0.25) is 0 Å². The first-order chi connectivity index (χ1) is 9.01. The topological polar surface area (TPSA) is 58.0 Å². The monoisotopic (exact) mass is 260 g/mol. The molecule has 0 spiro atoms. The van der Waals surface area contributed by atoms with Crippen molar-refractivity contribution in [2.24, 2.45) is 11.3 Å². The average molecular weight is 260 g/mol. The molecule has 1 aliphatic carbocycles. The van der Waals surface area contributed by atoms with E-state index in [1.165, 1.54) is 12.0 Å². The maximum atomic E-state index is 11.2. The number of hydrogen-bond donors (Lipinski definition) is 2. The Morgan fingerprint density at radius 3 is 2.89 bits per heavy atom. The minimum Gasteiger partial charge on any atom is -0.408 e. The molecule has 0 radical (unpaired) electrons. The van der Waals surface area contributed by atoms with E-state index in [9.17, 15) is 4.79 Å². The predicted molar refractivity (Wildman–Crippen MR) is 75.1 cm³/mol. The highest BCUT2D eigenvalue weighted by atomic mass is 16.4. The Balaban J connectivity index is 1.97. The number of fused-ring (bicyclic) bond motifs is 1. The van der Waals surface area contributed by atoms with Crippen LogP contribution in [0.25, 0.3) is 11.1 Å². The molecule has 1 saturated carbocycles. The van der Waals surface area contributed by atoms with Gasteiger partial charge in [0.2, 0.25) is 0 Å². The fourth-order valence-electron chi connectivity index (χ4n) is 2.94. The van der Waals surface area contributed by atoms with Crippen LogP contribution in [0.1, 0.15) is 38.8 Å². The normalized spacial score (nSPS) is 22.6. The summed E-state index contributed by atoms with van der Waals surface area (Å²) in [4.78, 5) is 13.9. The van der Waals surface area contributed by atoms with Gasteiger partial charge >= 0.3 is 5.76 Å². The van der Waals surface area contributed by atoms with E-state index < -0.39 is 0 Å². The molecule has 2 N–H and O–H groups in total. The van der Waals surface area contributed by atoms with E-state index >= 15 is 0 Å². The molecule has 0 bridgehead atoms. The van der Waals surface area contributed by atoms with Gasteiger partial charge in [-0.05, 0) is 42.0 Å². The molecule has 1 aromatic heterocycles. The number of nitrogens with one attached hydrogen (secondary N) is 2. The summed E-state index contributed by atoms with van der Waals surface area (Å²) < 4.78 is 5.15. The van der Waals surface area contributed by atoms with E-state index in [0.717, 1.165) is 12.1 Å². The van der Waals surface area contributed by atoms with Gasteiger partial charge < -0.3 is 9.73 Å². The Morgan fingerprint density at radius 2 is 2.26 bits per heavy atom. The lowest BCUT2D eigenvalue weighted by molar-refractivity contribution is 0.423. The number of aromatic amines is 1. The average Bonchev–Trinajstić information content (AvgIpc) is 2.81. The molecule has 0 amide bonds. The van der Waals surface area contributed by atoms with E-state index in [0.29, 0.717) is 23.0 Å². The number of oxazole rings is 1. The van der Waals surface area contributed by atoms with Crippen molar-refractivity contribution in [3.05, 3.63) is 34.3 Å². The lowest BCUT2D eigenvalue weighted by Gasteiger charge is -2.20. The van der Waals surface area contributed by atoms with Crippen molar-refractivity contribution in [1.82, 2.24) is 10.3 Å². The zero-order valence-corrected chi connectivity index (χ0v) is 11.6. The van der Waals surface area contributed by atoms with Gasteiger partial charge in [0.25, 0.3) is 0 Å². The summed E-state index contributed by atoms with van der Waals surface area (Å²) in [6.45, 7) is 7.66. The van der Waals surface area contributed by atoms with Crippen LogP contribution in [-0.2, 0) is 0 Å². The number of rotatable bonds is 4. The molecule has 19 heavy (non-hydrogen) atoms. The van der Waals surface area contributed by atoms with Gasteiger partial charge in [0.1, 0.15) is 0 Å². The van der Waals surface area contributed by atoms with Crippen LogP contribution in [0.4, 0.5) is 0 Å². The Kier molecular flexibility index (Phi) is 2.78. The number of hydrogen-bond acceptors (Lipinski definition) is 3. The van der Waals surface area contributed by atoms with Crippen LogP contribution in [0, 0.1) is 11.3 Å². The van der Waals surface area contributed by atoms with Crippen molar-refractivity contribution in [3.63, 3.8) is 0 Å². The number of H-pyrrole nitrogens is 1. The molecule has 1 fully saturated rings. The lowest BCUT2D eigenvalue weighted by atomic mass is 9.96. The fourth-order valence-corrected chi connectivity index (χ4v) is 2.94. The van der Waals surface area contributed by atoms with Crippen LogP contribution >= 0.6 is 0 Å². The maximum Gasteiger partial charge on any atom is 0.417 e. The van der Waals surface area contributed by atoms with Crippen LogP contribution < -0.4 is 11.1 Å². The Hall–Kier alpha value is -1.55. The van der Waals surface area contributed by atoms with Crippen LogP contribution in [-0.4, -0.2) is 11.5 Å². The minimum atomic E-state index is -0.390. The van der Waals surface area contributed by atoms with Crippen molar-refractivity contribution in [3.8, 4) is 0 Å². The highest BCUT2D eigenvalue weighted by molar-refractivity contribution is 5.72. The third kappa shape index (κ3) is 2.21. The van der Waals surface area contributed by atoms with Gasteiger partial charge in [-0.3, -0.25) is 4.98 Å². The smallest absolute Gasteiger partial charge is 0.408 e. The fraction of sp³-hybridized carbons (Fsp3) is 0.533. The van der Waals surface area contributed by atoms with Crippen LogP contribution in [0.15, 0.2) is 27.4 Å². The van der Waals surface area contributed by atoms with Gasteiger partial charge in [-0.1, -0.05) is 26.8 Å². The van der Waals surface area contributed by atoms with Crippen molar-refractivity contribution in [2.45, 2.75) is 33.2 Å². The standard InChI is InChI=1S/C15H20N2O2/c1-4-16-13(10-8-15(10,2)3)9-5-6-11-12(7-9)19-14(18)17-11/h5-7,10,13,16H,4,8H2,1-3H3,(H,17,18). The molecule has 102 valence electrons. The Labute approximate surface area is 112 Å². The van der Waals surface area contributed by atoms with Gasteiger partial charge in [0, 0.05) is 6.04 Å². The number of aromatic nitrogens is 1. The van der Waals surface area contributed by atoms with E-state index in [2.05, 4.69) is 37.1 Å². The molecule has 0 saturated heterocycles.